The number of carbonyl (C=O) groups excluding carboxylic acids is 2. The average Bonchev–Trinajstić information content (AvgIpc) is 3.35. The van der Waals surface area contributed by atoms with Gasteiger partial charge in [0.15, 0.2) is 5.78 Å². The monoisotopic (exact) mass is 573 g/mol. The summed E-state index contributed by atoms with van der Waals surface area (Å²) >= 11 is 0. The first-order valence-electron chi connectivity index (χ1n) is 12.9. The van der Waals surface area contributed by atoms with Crippen molar-refractivity contribution in [3.8, 4) is 0 Å². The van der Waals surface area contributed by atoms with Crippen molar-refractivity contribution in [1.29, 1.82) is 0 Å². The average molecular weight is 574 g/mol. The molecule has 41 heavy (non-hydrogen) atoms. The van der Waals surface area contributed by atoms with Crippen LogP contribution in [0.2, 0.25) is 0 Å². The number of nitrogens with zero attached hydrogens (tertiary/aromatic N) is 2. The van der Waals surface area contributed by atoms with Crippen LogP contribution >= 0.6 is 0 Å². The van der Waals surface area contributed by atoms with Gasteiger partial charge in [0.25, 0.3) is 5.91 Å². The van der Waals surface area contributed by atoms with Gasteiger partial charge in [-0.05, 0) is 36.2 Å². The summed E-state index contributed by atoms with van der Waals surface area (Å²) in [6.45, 7) is 0.498. The Bertz CT molecular complexity index is 1530. The highest BCUT2D eigenvalue weighted by Gasteiger charge is 2.39. The largest absolute Gasteiger partial charge is 0.416 e. The molecule has 3 aromatic carbocycles. The SMILES string of the molecule is O=C(CN1CCN(C(=O)c2cc(C(F)(F)F)cc(C(F)(F)F)c2)[C@H](Cc2c[nH]c3ccccc23)C1)c1ccccc1. The van der Waals surface area contributed by atoms with Crippen molar-refractivity contribution in [2.45, 2.75) is 24.8 Å². The maximum Gasteiger partial charge on any atom is 0.416 e. The molecule has 1 amide bonds. The minimum atomic E-state index is -5.07. The van der Waals surface area contributed by atoms with Crippen molar-refractivity contribution >= 4 is 22.6 Å². The first-order chi connectivity index (χ1) is 19.4. The van der Waals surface area contributed by atoms with E-state index in [2.05, 4.69) is 4.98 Å². The van der Waals surface area contributed by atoms with Crippen LogP contribution in [0.5, 0.6) is 0 Å². The van der Waals surface area contributed by atoms with E-state index in [4.69, 9.17) is 0 Å². The predicted molar refractivity (Wildman–Crippen MR) is 140 cm³/mol. The summed E-state index contributed by atoms with van der Waals surface area (Å²) in [5, 5.41) is 0.885. The standard InChI is InChI=1S/C30H25F6N3O2/c31-29(32,33)22-12-20(13-23(15-22)30(34,35)36)28(41)39-11-10-38(18-27(40)19-6-2-1-3-7-19)17-24(39)14-21-16-37-26-9-5-4-8-25(21)26/h1-9,12-13,15-16,24,37H,10-11,14,17-18H2/t24-/m1/s1. The topological polar surface area (TPSA) is 56.4 Å². The number of nitrogens with one attached hydrogen (secondary N) is 1. The molecule has 0 saturated carbocycles. The third kappa shape index (κ3) is 6.30. The number of halogens is 6. The molecule has 0 radical (unpaired) electrons. The van der Waals surface area contributed by atoms with Gasteiger partial charge in [0.05, 0.1) is 17.7 Å². The van der Waals surface area contributed by atoms with E-state index in [0.29, 0.717) is 17.7 Å². The van der Waals surface area contributed by atoms with Crippen LogP contribution in [0.3, 0.4) is 0 Å². The third-order valence-corrected chi connectivity index (χ3v) is 7.26. The zero-order chi connectivity index (χ0) is 29.4. The third-order valence-electron chi connectivity index (χ3n) is 7.26. The minimum absolute atomic E-state index is 0.00728. The van der Waals surface area contributed by atoms with Crippen molar-refractivity contribution < 1.29 is 35.9 Å². The van der Waals surface area contributed by atoms with Crippen molar-refractivity contribution in [3.63, 3.8) is 0 Å². The maximum absolute atomic E-state index is 13.6. The number of rotatable bonds is 6. The molecular weight excluding hydrogens is 548 g/mol. The molecule has 2 heterocycles. The smallest absolute Gasteiger partial charge is 0.361 e. The summed E-state index contributed by atoms with van der Waals surface area (Å²) in [5.74, 6) is -1.07. The number of aromatic nitrogens is 1. The normalized spacial score (nSPS) is 16.7. The summed E-state index contributed by atoms with van der Waals surface area (Å²) in [4.78, 5) is 32.8. The van der Waals surface area contributed by atoms with Crippen LogP contribution in [0.4, 0.5) is 26.3 Å². The second-order valence-electron chi connectivity index (χ2n) is 10.0. The molecule has 1 atom stereocenters. The number of fused-ring (bicyclic) bond motifs is 1. The number of para-hydroxylation sites is 1. The second kappa shape index (κ2) is 11.0. The van der Waals surface area contributed by atoms with Crippen LogP contribution < -0.4 is 0 Å². The second-order valence-corrected chi connectivity index (χ2v) is 10.0. The number of ketones is 1. The van der Waals surface area contributed by atoms with E-state index in [9.17, 15) is 35.9 Å². The van der Waals surface area contributed by atoms with E-state index >= 15 is 0 Å². The highest BCUT2D eigenvalue weighted by Crippen LogP contribution is 2.37. The van der Waals surface area contributed by atoms with E-state index in [1.54, 1.807) is 36.5 Å². The number of hydrogen-bond donors (Lipinski definition) is 1. The van der Waals surface area contributed by atoms with E-state index in [1.807, 2.05) is 29.2 Å². The Morgan fingerprint density at radius 2 is 1.44 bits per heavy atom. The van der Waals surface area contributed by atoms with Gasteiger partial charge >= 0.3 is 12.4 Å². The zero-order valence-electron chi connectivity index (χ0n) is 21.6. The van der Waals surface area contributed by atoms with Gasteiger partial charge < -0.3 is 9.88 Å². The fourth-order valence-corrected chi connectivity index (χ4v) is 5.22. The molecule has 0 spiro atoms. The molecule has 0 bridgehead atoms. The number of hydrogen-bond acceptors (Lipinski definition) is 3. The molecule has 11 heteroatoms. The van der Waals surface area contributed by atoms with E-state index in [0.717, 1.165) is 16.5 Å². The van der Waals surface area contributed by atoms with Crippen molar-refractivity contribution in [3.05, 3.63) is 107 Å². The van der Waals surface area contributed by atoms with Crippen LogP contribution in [0.15, 0.2) is 79.0 Å². The number of benzene rings is 3. The van der Waals surface area contributed by atoms with Gasteiger partial charge in [-0.25, -0.2) is 0 Å². The Balaban J connectivity index is 1.47. The van der Waals surface area contributed by atoms with Gasteiger partial charge in [-0.3, -0.25) is 14.5 Å². The number of piperazine rings is 1. The van der Waals surface area contributed by atoms with Gasteiger partial charge in [0.2, 0.25) is 0 Å². The Kier molecular flexibility index (Phi) is 7.65. The lowest BCUT2D eigenvalue weighted by atomic mass is 9.98. The van der Waals surface area contributed by atoms with Gasteiger partial charge in [-0.2, -0.15) is 26.3 Å². The highest BCUT2D eigenvalue weighted by atomic mass is 19.4. The summed E-state index contributed by atoms with van der Waals surface area (Å²) in [6.07, 6.45) is -8.10. The van der Waals surface area contributed by atoms with Crippen molar-refractivity contribution in [1.82, 2.24) is 14.8 Å². The number of aromatic amines is 1. The molecule has 5 rings (SSSR count). The van der Waals surface area contributed by atoms with Gasteiger partial charge in [0.1, 0.15) is 0 Å². The number of alkyl halides is 6. The molecule has 1 fully saturated rings. The van der Waals surface area contributed by atoms with E-state index in [1.165, 1.54) is 4.90 Å². The quantitative estimate of drug-likeness (QED) is 0.213. The van der Waals surface area contributed by atoms with Gasteiger partial charge in [-0.15, -0.1) is 0 Å². The molecule has 1 aliphatic rings. The lowest BCUT2D eigenvalue weighted by Crippen LogP contribution is -2.56. The zero-order valence-corrected chi connectivity index (χ0v) is 21.6. The van der Waals surface area contributed by atoms with Gasteiger partial charge in [0, 0.05) is 53.9 Å². The summed E-state index contributed by atoms with van der Waals surface area (Å²) in [5.41, 5.74) is -1.58. The fraction of sp³-hybridized carbons (Fsp3) is 0.267. The lowest BCUT2D eigenvalue weighted by molar-refractivity contribution is -0.143. The number of carbonyl (C=O) groups is 2. The molecule has 0 aliphatic carbocycles. The molecular formula is C30H25F6N3O2. The first-order valence-corrected chi connectivity index (χ1v) is 12.9. The lowest BCUT2D eigenvalue weighted by Gasteiger charge is -2.41. The number of amides is 1. The number of H-pyrrole nitrogens is 1. The Morgan fingerprint density at radius 1 is 0.805 bits per heavy atom. The predicted octanol–water partition coefficient (Wildman–Crippen LogP) is 6.46. The molecule has 1 aromatic heterocycles. The summed E-state index contributed by atoms with van der Waals surface area (Å²) < 4.78 is 81.0. The summed E-state index contributed by atoms with van der Waals surface area (Å²) in [6, 6.07) is 16.4. The molecule has 0 unspecified atom stereocenters. The molecule has 214 valence electrons. The van der Waals surface area contributed by atoms with E-state index in [-0.39, 0.29) is 44.4 Å². The van der Waals surface area contributed by atoms with Gasteiger partial charge in [-0.1, -0.05) is 48.5 Å². The van der Waals surface area contributed by atoms with E-state index < -0.39 is 41.0 Å². The Morgan fingerprint density at radius 3 is 2.10 bits per heavy atom. The molecule has 1 aliphatic heterocycles. The van der Waals surface area contributed by atoms with Crippen molar-refractivity contribution in [2.24, 2.45) is 0 Å². The Labute approximate surface area is 231 Å². The van der Waals surface area contributed by atoms with Crippen LogP contribution in [-0.2, 0) is 18.8 Å². The van der Waals surface area contributed by atoms with Crippen LogP contribution in [0, 0.1) is 0 Å². The van der Waals surface area contributed by atoms with Crippen LogP contribution in [0.25, 0.3) is 10.9 Å². The van der Waals surface area contributed by atoms with Crippen molar-refractivity contribution in [2.75, 3.05) is 26.2 Å². The summed E-state index contributed by atoms with van der Waals surface area (Å²) in [7, 11) is 0. The Hall–Kier alpha value is -4.12. The molecule has 5 nitrogen and oxygen atoms in total. The molecule has 4 aromatic rings. The highest BCUT2D eigenvalue weighted by molar-refractivity contribution is 5.98. The minimum Gasteiger partial charge on any atom is -0.361 e. The van der Waals surface area contributed by atoms with Crippen LogP contribution in [0.1, 0.15) is 37.4 Å². The molecule has 1 N–H and O–H groups in total. The van der Waals surface area contributed by atoms with Crippen LogP contribution in [-0.4, -0.2) is 58.7 Å². The maximum atomic E-state index is 13.6. The number of Topliss-reactive ketones (excluding diaryl/α,β-unsaturated/α-hetero) is 1. The fourth-order valence-electron chi connectivity index (χ4n) is 5.22. The molecule has 1 saturated heterocycles. The first kappa shape index (κ1) is 28.4.